The highest BCUT2D eigenvalue weighted by molar-refractivity contribution is 7.89. The van der Waals surface area contributed by atoms with E-state index in [1.54, 1.807) is 13.0 Å². The molecule has 0 atom stereocenters. The first-order valence-corrected chi connectivity index (χ1v) is 7.21. The highest BCUT2D eigenvalue weighted by Crippen LogP contribution is 2.30. The van der Waals surface area contributed by atoms with E-state index in [1.807, 2.05) is 32.9 Å². The molecule has 0 bridgehead atoms. The summed E-state index contributed by atoms with van der Waals surface area (Å²) in [4.78, 5) is 0.163. The largest absolute Gasteiger partial charge is 0.489 e. The number of sulfonamides is 1. The molecule has 0 unspecified atom stereocenters. The molecule has 0 radical (unpaired) electrons. The second kappa shape index (κ2) is 5.54. The topological polar surface area (TPSA) is 69.4 Å². The van der Waals surface area contributed by atoms with Crippen LogP contribution < -0.4 is 9.88 Å². The molecule has 2 N–H and O–H groups in total. The first-order valence-electron chi connectivity index (χ1n) is 5.66. The summed E-state index contributed by atoms with van der Waals surface area (Å²) in [5.41, 5.74) is 2.22. The van der Waals surface area contributed by atoms with Gasteiger partial charge >= 0.3 is 0 Å². The summed E-state index contributed by atoms with van der Waals surface area (Å²) in [7, 11) is -3.69. The van der Waals surface area contributed by atoms with Crippen LogP contribution in [-0.2, 0) is 10.0 Å². The smallest absolute Gasteiger partial charge is 0.238 e. The zero-order valence-corrected chi connectivity index (χ0v) is 12.0. The van der Waals surface area contributed by atoms with E-state index >= 15 is 0 Å². The molecule has 0 saturated heterocycles. The quantitative estimate of drug-likeness (QED) is 0.852. The van der Waals surface area contributed by atoms with Crippen molar-refractivity contribution in [2.24, 2.45) is 5.14 Å². The van der Waals surface area contributed by atoms with E-state index in [2.05, 4.69) is 0 Å². The molecule has 5 heteroatoms. The van der Waals surface area contributed by atoms with Crippen LogP contribution in [0, 0.1) is 20.8 Å². The zero-order valence-electron chi connectivity index (χ0n) is 11.1. The van der Waals surface area contributed by atoms with Crippen molar-refractivity contribution in [3.05, 3.63) is 34.9 Å². The maximum absolute atomic E-state index is 11.5. The fourth-order valence-corrected chi connectivity index (χ4v) is 2.69. The Hall–Kier alpha value is -1.33. The van der Waals surface area contributed by atoms with Crippen molar-refractivity contribution in [1.82, 2.24) is 0 Å². The molecule has 0 fully saturated rings. The van der Waals surface area contributed by atoms with Gasteiger partial charge in [-0.05, 0) is 50.5 Å². The number of nitrogens with two attached hydrogens (primary N) is 1. The van der Waals surface area contributed by atoms with Gasteiger partial charge in [-0.25, -0.2) is 13.6 Å². The highest BCUT2D eigenvalue weighted by atomic mass is 32.2. The lowest BCUT2D eigenvalue weighted by Crippen LogP contribution is -2.15. The second-order valence-electron chi connectivity index (χ2n) is 4.20. The first-order chi connectivity index (χ1) is 8.29. The molecule has 0 spiro atoms. The molecule has 0 saturated carbocycles. The summed E-state index contributed by atoms with van der Waals surface area (Å²) < 4.78 is 28.5. The van der Waals surface area contributed by atoms with Gasteiger partial charge in [0.25, 0.3) is 0 Å². The number of allylic oxidation sites excluding steroid dienone is 1. The average molecular weight is 269 g/mol. The van der Waals surface area contributed by atoms with Crippen LogP contribution in [0.15, 0.2) is 23.1 Å². The predicted octanol–water partition coefficient (Wildman–Crippen LogP) is 2.21. The molecule has 100 valence electrons. The monoisotopic (exact) mass is 269 g/mol. The summed E-state index contributed by atoms with van der Waals surface area (Å²) in [6, 6.07) is 1.56. The number of primary sulfonamides is 1. The molecule has 0 heterocycles. The summed E-state index contributed by atoms with van der Waals surface area (Å²) in [6.45, 7) is 7.76. The number of hydrogen-bond donors (Lipinski definition) is 1. The van der Waals surface area contributed by atoms with Gasteiger partial charge in [-0.2, -0.15) is 0 Å². The molecule has 0 aromatic heterocycles. The Morgan fingerprint density at radius 1 is 1.28 bits per heavy atom. The molecule has 0 aliphatic rings. The van der Waals surface area contributed by atoms with Crippen molar-refractivity contribution in [3.8, 4) is 5.75 Å². The predicted molar refractivity (Wildman–Crippen MR) is 72.3 cm³/mol. The Balaban J connectivity index is 3.29. The Labute approximate surface area is 109 Å². The van der Waals surface area contributed by atoms with E-state index in [1.165, 1.54) is 0 Å². The normalized spacial score (nSPS) is 12.1. The lowest BCUT2D eigenvalue weighted by molar-refractivity contribution is 0.357. The number of aryl methyl sites for hydroxylation is 1. The van der Waals surface area contributed by atoms with Crippen LogP contribution in [-0.4, -0.2) is 15.0 Å². The van der Waals surface area contributed by atoms with Crippen LogP contribution in [0.3, 0.4) is 0 Å². The van der Waals surface area contributed by atoms with Crippen LogP contribution >= 0.6 is 0 Å². The number of ether oxygens (including phenoxy) is 1. The fourth-order valence-electron chi connectivity index (χ4n) is 1.77. The minimum Gasteiger partial charge on any atom is -0.489 e. The molecular weight excluding hydrogens is 250 g/mol. The van der Waals surface area contributed by atoms with Crippen LogP contribution in [0.25, 0.3) is 0 Å². The number of hydrogen-bond acceptors (Lipinski definition) is 3. The molecule has 0 aliphatic carbocycles. The van der Waals surface area contributed by atoms with E-state index in [9.17, 15) is 8.42 Å². The van der Waals surface area contributed by atoms with E-state index in [-0.39, 0.29) is 4.90 Å². The van der Waals surface area contributed by atoms with Crippen LogP contribution in [0.2, 0.25) is 0 Å². The van der Waals surface area contributed by atoms with Crippen LogP contribution in [0.1, 0.15) is 23.6 Å². The molecule has 0 aliphatic heterocycles. The van der Waals surface area contributed by atoms with Crippen molar-refractivity contribution >= 4 is 10.0 Å². The Morgan fingerprint density at radius 3 is 2.39 bits per heavy atom. The molecular formula is C13H19NO3S. The summed E-state index contributed by atoms with van der Waals surface area (Å²) in [6.07, 6.45) is 3.79. The lowest BCUT2D eigenvalue weighted by Gasteiger charge is -2.15. The lowest BCUT2D eigenvalue weighted by atomic mass is 10.1. The van der Waals surface area contributed by atoms with Gasteiger partial charge in [-0.3, -0.25) is 0 Å². The van der Waals surface area contributed by atoms with Crippen molar-refractivity contribution in [2.45, 2.75) is 32.6 Å². The van der Waals surface area contributed by atoms with Gasteiger partial charge in [0, 0.05) is 0 Å². The third-order valence-electron chi connectivity index (χ3n) is 2.84. The van der Waals surface area contributed by atoms with Crippen molar-refractivity contribution in [3.63, 3.8) is 0 Å². The minimum atomic E-state index is -3.69. The summed E-state index contributed by atoms with van der Waals surface area (Å²) in [5.74, 6) is 0.720. The summed E-state index contributed by atoms with van der Waals surface area (Å²) >= 11 is 0. The van der Waals surface area contributed by atoms with Gasteiger partial charge < -0.3 is 4.74 Å². The van der Waals surface area contributed by atoms with Crippen molar-refractivity contribution < 1.29 is 13.2 Å². The minimum absolute atomic E-state index is 0.163. The van der Waals surface area contributed by atoms with E-state index in [0.717, 1.165) is 16.9 Å². The Morgan fingerprint density at radius 2 is 1.89 bits per heavy atom. The Kier molecular flexibility index (Phi) is 4.53. The maximum Gasteiger partial charge on any atom is 0.238 e. The summed E-state index contributed by atoms with van der Waals surface area (Å²) in [5, 5.41) is 5.19. The van der Waals surface area contributed by atoms with Crippen LogP contribution in [0.5, 0.6) is 5.75 Å². The average Bonchev–Trinajstić information content (AvgIpc) is 2.26. The maximum atomic E-state index is 11.5. The van der Waals surface area contributed by atoms with Gasteiger partial charge in [-0.1, -0.05) is 12.2 Å². The molecule has 1 aromatic rings. The molecule has 4 nitrogen and oxygen atoms in total. The SMILES string of the molecule is C/C=C/COc1c(C)cc(S(N)(=O)=O)c(C)c1C. The van der Waals surface area contributed by atoms with Gasteiger partial charge in [-0.15, -0.1) is 0 Å². The molecule has 0 amide bonds. The molecule has 1 rings (SSSR count). The van der Waals surface area contributed by atoms with Gasteiger partial charge in [0.2, 0.25) is 10.0 Å². The van der Waals surface area contributed by atoms with Crippen molar-refractivity contribution in [2.75, 3.05) is 6.61 Å². The Bertz CT molecular complexity index is 574. The third kappa shape index (κ3) is 3.11. The standard InChI is InChI=1S/C13H19NO3S/c1-5-6-7-17-13-9(2)8-12(18(14,15)16)10(3)11(13)4/h5-6,8H,7H2,1-4H3,(H2,14,15,16)/b6-5+. The molecule has 1 aromatic carbocycles. The zero-order chi connectivity index (χ0) is 13.9. The van der Waals surface area contributed by atoms with Gasteiger partial charge in [0.15, 0.2) is 0 Å². The fraction of sp³-hybridized carbons (Fsp3) is 0.385. The van der Waals surface area contributed by atoms with E-state index in [0.29, 0.717) is 12.2 Å². The molecule has 18 heavy (non-hydrogen) atoms. The first kappa shape index (κ1) is 14.7. The van der Waals surface area contributed by atoms with E-state index in [4.69, 9.17) is 9.88 Å². The van der Waals surface area contributed by atoms with Gasteiger partial charge in [0.1, 0.15) is 12.4 Å². The third-order valence-corrected chi connectivity index (χ3v) is 3.88. The van der Waals surface area contributed by atoms with Crippen molar-refractivity contribution in [1.29, 1.82) is 0 Å². The second-order valence-corrected chi connectivity index (χ2v) is 5.73. The van der Waals surface area contributed by atoms with Crippen LogP contribution in [0.4, 0.5) is 0 Å². The number of rotatable bonds is 4. The van der Waals surface area contributed by atoms with E-state index < -0.39 is 10.0 Å². The highest BCUT2D eigenvalue weighted by Gasteiger charge is 2.17. The van der Waals surface area contributed by atoms with Gasteiger partial charge in [0.05, 0.1) is 4.90 Å². The number of benzene rings is 1.